The molecule has 1 aliphatic heterocycles. The van der Waals surface area contributed by atoms with Gasteiger partial charge < -0.3 is 0 Å². The van der Waals surface area contributed by atoms with Crippen LogP contribution in [0.2, 0.25) is 12.1 Å². The summed E-state index contributed by atoms with van der Waals surface area (Å²) in [4.78, 5) is 21.7. The molecule has 4 nitrogen and oxygen atoms in total. The Kier molecular flexibility index (Phi) is 23.7. The predicted molar refractivity (Wildman–Crippen MR) is 395 cm³/mol. The number of benzene rings is 2. The van der Waals surface area contributed by atoms with Crippen molar-refractivity contribution in [3.05, 3.63) is 119 Å². The van der Waals surface area contributed by atoms with Crippen molar-refractivity contribution < 1.29 is 42.1 Å². The summed E-state index contributed by atoms with van der Waals surface area (Å²) in [5.74, 6) is 1.37. The number of aryl methyl sites for hydroxylation is 2. The molecule has 10 aromatic heterocycles. The van der Waals surface area contributed by atoms with Crippen molar-refractivity contribution in [2.75, 3.05) is 0 Å². The average Bonchev–Trinajstić information content (AvgIpc) is 1.55. The number of aromatic nitrogens is 4. The maximum Gasteiger partial charge on any atom is 0.122 e. The number of fused-ring (bicyclic) bond motifs is 5. The van der Waals surface area contributed by atoms with Gasteiger partial charge in [-0.3, -0.25) is 0 Å². The molecule has 1 aliphatic rings. The van der Waals surface area contributed by atoms with E-state index in [4.69, 9.17) is 17.5 Å². The zero-order valence-electron chi connectivity index (χ0n) is 51.7. The van der Waals surface area contributed by atoms with E-state index in [1.165, 1.54) is 240 Å². The Morgan fingerprint density at radius 3 is 1.10 bits per heavy atom. The van der Waals surface area contributed by atoms with E-state index in [-0.39, 0.29) is 42.1 Å². The van der Waals surface area contributed by atoms with Crippen LogP contribution in [-0.4, -0.2) is 25.6 Å². The van der Waals surface area contributed by atoms with Crippen molar-refractivity contribution in [2.45, 2.75) is 169 Å². The molecule has 0 amide bonds. The van der Waals surface area contributed by atoms with Crippen molar-refractivity contribution in [3.8, 4) is 90.5 Å². The summed E-state index contributed by atoms with van der Waals surface area (Å²) in [6.45, 7) is 14.2. The third-order valence-corrected chi connectivity index (χ3v) is 34.8. The van der Waals surface area contributed by atoms with Gasteiger partial charge in [0.25, 0.3) is 0 Å². The molecule has 13 rings (SSSR count). The van der Waals surface area contributed by atoms with Gasteiger partial charge in [-0.15, -0.1) is 103 Å². The first-order valence-electron chi connectivity index (χ1n) is 32.0. The van der Waals surface area contributed by atoms with E-state index in [0.717, 1.165) is 33.2 Å². The maximum absolute atomic E-state index is 5.13. The molecule has 11 heterocycles. The van der Waals surface area contributed by atoms with Gasteiger partial charge in [0, 0.05) is 123 Å². The second kappa shape index (κ2) is 31.2. The van der Waals surface area contributed by atoms with Gasteiger partial charge >= 0.3 is 0 Å². The Labute approximate surface area is 598 Å². The van der Waals surface area contributed by atoms with Crippen LogP contribution in [-0.2, 0) is 55.0 Å². The predicted octanol–water partition coefficient (Wildman–Crippen LogP) is 25.3. The minimum atomic E-state index is -2.37. The zero-order valence-corrected chi connectivity index (χ0v) is 66.8. The van der Waals surface area contributed by atoms with Crippen LogP contribution in [0.25, 0.3) is 113 Å². The van der Waals surface area contributed by atoms with E-state index in [2.05, 4.69) is 151 Å². The first kappa shape index (κ1) is 67.7. The minimum Gasteiger partial charge on any atom is -0.224 e. The molecule has 0 aliphatic carbocycles. The topological polar surface area (TPSA) is 51.6 Å². The van der Waals surface area contributed by atoms with Crippen LogP contribution in [0, 0.1) is 24.0 Å². The summed E-state index contributed by atoms with van der Waals surface area (Å²) in [6, 6.07) is 47.9. The molecule has 0 spiro atoms. The van der Waals surface area contributed by atoms with E-state index in [1.807, 2.05) is 90.7 Å². The van der Waals surface area contributed by atoms with Crippen molar-refractivity contribution in [3.63, 3.8) is 0 Å². The van der Waals surface area contributed by atoms with Gasteiger partial charge in [0.1, 0.15) is 8.07 Å². The molecule has 0 radical (unpaired) electrons. The molecule has 462 valence electrons. The quantitative estimate of drug-likeness (QED) is 0.0256. The second-order valence-corrected chi connectivity index (χ2v) is 37.8. The summed E-state index contributed by atoms with van der Waals surface area (Å²) < 4.78 is 20.4. The third-order valence-electron chi connectivity index (χ3n) is 18.0. The van der Waals surface area contributed by atoms with E-state index in [1.54, 1.807) is 10.4 Å². The molecule has 2 atom stereocenters. The summed E-state index contributed by atoms with van der Waals surface area (Å²) in [5.41, 5.74) is 8.38. The molecular formula is C72H76N4S10SiW2-2. The average molecular weight is 1710 g/mol. The van der Waals surface area contributed by atoms with Crippen LogP contribution in [0.15, 0.2) is 97.1 Å². The van der Waals surface area contributed by atoms with Crippen LogP contribution >= 0.6 is 114 Å². The number of nitrogens with zero attached hydrogens (tertiary/aromatic N) is 4. The number of rotatable bonds is 30. The van der Waals surface area contributed by atoms with E-state index in [0.29, 0.717) is 11.8 Å². The summed E-state index contributed by atoms with van der Waals surface area (Å²) in [7, 11) is -2.37. The first-order valence-corrected chi connectivity index (χ1v) is 42.4. The molecular weight excluding hydrogens is 1640 g/mol. The molecule has 0 saturated heterocycles. The van der Waals surface area contributed by atoms with Crippen molar-refractivity contribution in [1.29, 1.82) is 0 Å². The molecule has 17 heteroatoms. The SMILES string of the molecule is CCCCCCc1ccc(-c2ccc(-c3ccc(-c4[c-]cc(-c5cc6c(s5)-c5sc(-c7c[c-]c(-c8ccc(-c9ccc(-c%10ccc(CCCCCC)s%10)s9)s8)c8nsnc78)cc5[Si]6(CC(CC)CCCC)CC(CC)CCCC)c5nsnc45)s3)s2)s1.[W].[W]. The molecule has 0 fully saturated rings. The van der Waals surface area contributed by atoms with Crippen molar-refractivity contribution in [1.82, 2.24) is 17.5 Å². The fraction of sp³-hybridized carbons (Fsp3) is 0.389. The maximum atomic E-state index is 5.13. The molecule has 2 unspecified atom stereocenters. The van der Waals surface area contributed by atoms with Crippen LogP contribution in [0.5, 0.6) is 0 Å². The zero-order chi connectivity index (χ0) is 59.4. The van der Waals surface area contributed by atoms with E-state index >= 15 is 0 Å². The van der Waals surface area contributed by atoms with Gasteiger partial charge in [-0.25, -0.2) is 8.75 Å². The molecule has 12 aromatic rings. The number of hydrogen-bond acceptors (Lipinski definition) is 14. The van der Waals surface area contributed by atoms with Crippen LogP contribution in [0.1, 0.15) is 154 Å². The Bertz CT molecular complexity index is 3980. The third kappa shape index (κ3) is 14.3. The molecule has 0 bridgehead atoms. The monoisotopic (exact) mass is 1710 g/mol. The Morgan fingerprint density at radius 2 is 0.719 bits per heavy atom. The van der Waals surface area contributed by atoms with Crippen LogP contribution in [0.4, 0.5) is 0 Å². The van der Waals surface area contributed by atoms with E-state index < -0.39 is 8.07 Å². The van der Waals surface area contributed by atoms with Gasteiger partial charge in [-0.05, 0) is 128 Å². The van der Waals surface area contributed by atoms with Gasteiger partial charge in [-0.1, -0.05) is 179 Å². The molecule has 0 saturated carbocycles. The fourth-order valence-electron chi connectivity index (χ4n) is 13.2. The normalized spacial score (nSPS) is 13.3. The number of thiophene rings is 8. The van der Waals surface area contributed by atoms with Crippen molar-refractivity contribution in [2.24, 2.45) is 11.8 Å². The molecule has 89 heavy (non-hydrogen) atoms. The number of hydrogen-bond donors (Lipinski definition) is 0. The molecule has 0 N–H and O–H groups in total. The Balaban J connectivity index is 0.00000408. The van der Waals surface area contributed by atoms with Gasteiger partial charge in [0.15, 0.2) is 0 Å². The van der Waals surface area contributed by atoms with Crippen molar-refractivity contribution >= 4 is 155 Å². The van der Waals surface area contributed by atoms with Gasteiger partial charge in [0.05, 0.1) is 23.5 Å². The summed E-state index contributed by atoms with van der Waals surface area (Å²) >= 11 is 18.1. The van der Waals surface area contributed by atoms with Crippen LogP contribution in [0.3, 0.4) is 0 Å². The molecule has 2 aromatic carbocycles. The first-order chi connectivity index (χ1) is 42.8. The van der Waals surface area contributed by atoms with E-state index in [9.17, 15) is 0 Å². The Hall–Kier alpha value is -2.73. The standard InChI is InChI=1S/C72H76N4S10Si.2W/c1-7-13-17-19-23-47-25-31-55(77-47)57-37-39-61(81-57)59-35-33-53(79-59)49-27-29-51(69-67(49)73-85-75-69)63-41-65-71(83-63)72-66(87(65,43-45(11-5)21-15-9-3)44-46(12-6)22-16-10-4)42-64(84-72)52-30-28-50(68-70(52)76-86-74-68)54-34-36-60(80-54)62-40-38-58(82-62)56-32-26-48(78-56)24-20-18-14-8-2;;/h25-26,29-42,45-46H,7-24,43-44H2,1-6H3;;/q-2;;. The largest absolute Gasteiger partial charge is 0.224 e. The van der Waals surface area contributed by atoms with Gasteiger partial charge in [-0.2, -0.15) is 31.4 Å². The smallest absolute Gasteiger partial charge is 0.122 e. The Morgan fingerprint density at radius 1 is 0.371 bits per heavy atom. The minimum absolute atomic E-state index is 0. The fourth-order valence-corrected chi connectivity index (χ4v) is 31.2. The number of unbranched alkanes of at least 4 members (excludes halogenated alkanes) is 8. The summed E-state index contributed by atoms with van der Waals surface area (Å²) in [6.07, 6.45) is 22.9. The van der Waals surface area contributed by atoms with Crippen LogP contribution < -0.4 is 10.4 Å². The summed E-state index contributed by atoms with van der Waals surface area (Å²) in [5, 5.41) is 3.35. The van der Waals surface area contributed by atoms with Gasteiger partial charge in [0.2, 0.25) is 0 Å². The second-order valence-electron chi connectivity index (χ2n) is 23.9.